The Kier molecular flexibility index (Phi) is 4.76. The molecule has 0 saturated carbocycles. The van der Waals surface area contributed by atoms with Gasteiger partial charge in [-0.15, -0.1) is 0 Å². The Hall–Kier alpha value is -1.42. The summed E-state index contributed by atoms with van der Waals surface area (Å²) < 4.78 is 13.8. The quantitative estimate of drug-likeness (QED) is 0.845. The van der Waals surface area contributed by atoms with E-state index >= 15 is 0 Å². The molecule has 1 aliphatic rings. The van der Waals surface area contributed by atoms with E-state index in [0.717, 1.165) is 25.1 Å². The van der Waals surface area contributed by atoms with Crippen LogP contribution in [0.3, 0.4) is 0 Å². The largest absolute Gasteiger partial charge is 0.340 e. The topological polar surface area (TPSA) is 23.6 Å². The second kappa shape index (κ2) is 6.35. The normalized spacial score (nSPS) is 19.3. The van der Waals surface area contributed by atoms with Crippen molar-refractivity contribution in [3.63, 3.8) is 0 Å². The highest BCUT2D eigenvalue weighted by molar-refractivity contribution is 5.94. The van der Waals surface area contributed by atoms with E-state index in [1.807, 2.05) is 6.92 Å². The average Bonchev–Trinajstić information content (AvgIpc) is 2.87. The van der Waals surface area contributed by atoms with E-state index in [-0.39, 0.29) is 11.5 Å². The summed E-state index contributed by atoms with van der Waals surface area (Å²) in [4.78, 5) is 16.4. The molecule has 3 nitrogen and oxygen atoms in total. The van der Waals surface area contributed by atoms with Crippen LogP contribution in [0.1, 0.15) is 35.7 Å². The molecule has 110 valence electrons. The second-order valence-electron chi connectivity index (χ2n) is 5.59. The van der Waals surface area contributed by atoms with Gasteiger partial charge < -0.3 is 4.90 Å². The van der Waals surface area contributed by atoms with Crippen LogP contribution in [0.5, 0.6) is 0 Å². The number of nitrogens with zero attached hydrogens (tertiary/aromatic N) is 2. The molecule has 1 unspecified atom stereocenters. The third-order valence-electron chi connectivity index (χ3n) is 4.09. The summed E-state index contributed by atoms with van der Waals surface area (Å²) in [5, 5.41) is 0. The number of likely N-dealkylation sites (N-methyl/N-ethyl adjacent to an activating group) is 2. The molecular weight excluding hydrogens is 255 g/mol. The summed E-state index contributed by atoms with van der Waals surface area (Å²) in [6.07, 6.45) is 2.29. The highest BCUT2D eigenvalue weighted by atomic mass is 19.1. The van der Waals surface area contributed by atoms with E-state index in [4.69, 9.17) is 0 Å². The van der Waals surface area contributed by atoms with Crippen LogP contribution >= 0.6 is 0 Å². The first-order valence-electron chi connectivity index (χ1n) is 7.28. The number of hydrogen-bond acceptors (Lipinski definition) is 2. The van der Waals surface area contributed by atoms with Crippen molar-refractivity contribution in [3.05, 3.63) is 35.1 Å². The van der Waals surface area contributed by atoms with Crippen LogP contribution in [0.15, 0.2) is 18.2 Å². The number of carbonyl (C=O) groups is 1. The summed E-state index contributed by atoms with van der Waals surface area (Å²) in [7, 11) is 1.76. The van der Waals surface area contributed by atoms with Crippen LogP contribution in [0.25, 0.3) is 0 Å². The first-order valence-corrected chi connectivity index (χ1v) is 7.28. The Morgan fingerprint density at radius 1 is 1.50 bits per heavy atom. The summed E-state index contributed by atoms with van der Waals surface area (Å²) in [5.41, 5.74) is 1.08. The molecule has 20 heavy (non-hydrogen) atoms. The molecule has 1 aliphatic heterocycles. The molecule has 1 fully saturated rings. The Morgan fingerprint density at radius 3 is 2.95 bits per heavy atom. The molecule has 0 radical (unpaired) electrons. The fourth-order valence-corrected chi connectivity index (χ4v) is 2.93. The minimum Gasteiger partial charge on any atom is -0.340 e. The van der Waals surface area contributed by atoms with Gasteiger partial charge in [0, 0.05) is 19.6 Å². The molecule has 2 rings (SSSR count). The SMILES string of the molecule is CCN1CCCC1CN(C)C(=O)c1cc(C)ccc1F. The van der Waals surface area contributed by atoms with Crippen molar-refractivity contribution in [1.82, 2.24) is 9.80 Å². The highest BCUT2D eigenvalue weighted by Crippen LogP contribution is 2.19. The molecule has 1 amide bonds. The third-order valence-corrected chi connectivity index (χ3v) is 4.09. The van der Waals surface area contributed by atoms with Crippen molar-refractivity contribution in [1.29, 1.82) is 0 Å². The van der Waals surface area contributed by atoms with Crippen molar-refractivity contribution < 1.29 is 9.18 Å². The van der Waals surface area contributed by atoms with Gasteiger partial charge in [0.15, 0.2) is 0 Å². The Balaban J connectivity index is 2.07. The lowest BCUT2D eigenvalue weighted by atomic mass is 10.1. The van der Waals surface area contributed by atoms with Gasteiger partial charge in [-0.05, 0) is 45.0 Å². The van der Waals surface area contributed by atoms with Crippen LogP contribution in [-0.4, -0.2) is 48.4 Å². The maximum Gasteiger partial charge on any atom is 0.256 e. The van der Waals surface area contributed by atoms with Crippen LogP contribution < -0.4 is 0 Å². The smallest absolute Gasteiger partial charge is 0.256 e. The Morgan fingerprint density at radius 2 is 2.25 bits per heavy atom. The van der Waals surface area contributed by atoms with Gasteiger partial charge in [0.2, 0.25) is 0 Å². The zero-order valence-corrected chi connectivity index (χ0v) is 12.5. The molecular formula is C16H23FN2O. The van der Waals surface area contributed by atoms with Gasteiger partial charge in [0.25, 0.3) is 5.91 Å². The van der Waals surface area contributed by atoms with Gasteiger partial charge in [-0.3, -0.25) is 9.69 Å². The monoisotopic (exact) mass is 278 g/mol. The maximum atomic E-state index is 13.8. The first-order chi connectivity index (χ1) is 9.52. The van der Waals surface area contributed by atoms with Crippen molar-refractivity contribution in [2.24, 2.45) is 0 Å². The van der Waals surface area contributed by atoms with Crippen molar-refractivity contribution >= 4 is 5.91 Å². The lowest BCUT2D eigenvalue weighted by molar-refractivity contribution is 0.0750. The minimum atomic E-state index is -0.439. The van der Waals surface area contributed by atoms with Gasteiger partial charge in [0.05, 0.1) is 5.56 Å². The van der Waals surface area contributed by atoms with Gasteiger partial charge in [-0.1, -0.05) is 18.6 Å². The molecule has 1 aromatic rings. The van der Waals surface area contributed by atoms with E-state index in [1.165, 1.54) is 12.5 Å². The molecule has 0 aliphatic carbocycles. The van der Waals surface area contributed by atoms with Crippen LogP contribution in [0.2, 0.25) is 0 Å². The van der Waals surface area contributed by atoms with Crippen molar-refractivity contribution in [2.75, 3.05) is 26.7 Å². The molecule has 0 bridgehead atoms. The highest BCUT2D eigenvalue weighted by Gasteiger charge is 2.26. The molecule has 0 spiro atoms. The fraction of sp³-hybridized carbons (Fsp3) is 0.562. The molecule has 1 saturated heterocycles. The third kappa shape index (κ3) is 3.18. The molecule has 0 aromatic heterocycles. The molecule has 1 atom stereocenters. The van der Waals surface area contributed by atoms with Gasteiger partial charge in [-0.25, -0.2) is 4.39 Å². The van der Waals surface area contributed by atoms with E-state index in [1.54, 1.807) is 24.1 Å². The molecule has 4 heteroatoms. The second-order valence-corrected chi connectivity index (χ2v) is 5.59. The van der Waals surface area contributed by atoms with Gasteiger partial charge in [-0.2, -0.15) is 0 Å². The molecule has 1 aromatic carbocycles. The number of carbonyl (C=O) groups excluding carboxylic acids is 1. The van der Waals surface area contributed by atoms with E-state index in [2.05, 4.69) is 11.8 Å². The predicted octanol–water partition coefficient (Wildman–Crippen LogP) is 2.69. The number of halogens is 1. The van der Waals surface area contributed by atoms with E-state index in [0.29, 0.717) is 12.6 Å². The zero-order chi connectivity index (χ0) is 14.7. The number of aryl methyl sites for hydroxylation is 1. The maximum absolute atomic E-state index is 13.8. The van der Waals surface area contributed by atoms with Gasteiger partial charge >= 0.3 is 0 Å². The number of rotatable bonds is 4. The summed E-state index contributed by atoms with van der Waals surface area (Å²) >= 11 is 0. The Labute approximate surface area is 120 Å². The first kappa shape index (κ1) is 15.0. The van der Waals surface area contributed by atoms with E-state index in [9.17, 15) is 9.18 Å². The predicted molar refractivity (Wildman–Crippen MR) is 78.4 cm³/mol. The zero-order valence-electron chi connectivity index (χ0n) is 12.5. The number of amides is 1. The minimum absolute atomic E-state index is 0.175. The van der Waals surface area contributed by atoms with Crippen LogP contribution in [0.4, 0.5) is 4.39 Å². The van der Waals surface area contributed by atoms with E-state index < -0.39 is 5.82 Å². The summed E-state index contributed by atoms with van der Waals surface area (Å²) in [6.45, 7) is 6.78. The standard InChI is InChI=1S/C16H23FN2O/c1-4-19-9-5-6-13(19)11-18(3)16(20)14-10-12(2)7-8-15(14)17/h7-8,10,13H,4-6,9,11H2,1-3H3. The van der Waals surface area contributed by atoms with Crippen molar-refractivity contribution in [2.45, 2.75) is 32.7 Å². The number of likely N-dealkylation sites (tertiary alicyclic amines) is 1. The fourth-order valence-electron chi connectivity index (χ4n) is 2.93. The summed E-state index contributed by atoms with van der Waals surface area (Å²) in [5.74, 6) is -0.666. The van der Waals surface area contributed by atoms with Crippen molar-refractivity contribution in [3.8, 4) is 0 Å². The van der Waals surface area contributed by atoms with Crippen LogP contribution in [-0.2, 0) is 0 Å². The number of hydrogen-bond donors (Lipinski definition) is 0. The molecule has 1 heterocycles. The lowest BCUT2D eigenvalue weighted by Crippen LogP contribution is -2.41. The van der Waals surface area contributed by atoms with Gasteiger partial charge in [0.1, 0.15) is 5.82 Å². The lowest BCUT2D eigenvalue weighted by Gasteiger charge is -2.28. The van der Waals surface area contributed by atoms with Crippen LogP contribution in [0, 0.1) is 12.7 Å². The average molecular weight is 278 g/mol. The molecule has 0 N–H and O–H groups in total. The Bertz CT molecular complexity index is 489. The number of benzene rings is 1. The summed E-state index contributed by atoms with van der Waals surface area (Å²) in [6, 6.07) is 5.08.